The maximum absolute atomic E-state index is 12.7. The molecule has 1 aromatic carbocycles. The molecule has 0 spiro atoms. The van der Waals surface area contributed by atoms with Crippen LogP contribution in [0.1, 0.15) is 36.2 Å². The summed E-state index contributed by atoms with van der Waals surface area (Å²) in [6.07, 6.45) is 1.80. The summed E-state index contributed by atoms with van der Waals surface area (Å²) in [5, 5.41) is 0. The molecule has 1 saturated heterocycles. The van der Waals surface area contributed by atoms with Crippen LogP contribution < -0.4 is 5.73 Å². The van der Waals surface area contributed by atoms with Crippen LogP contribution in [0.5, 0.6) is 0 Å². The van der Waals surface area contributed by atoms with Crippen molar-refractivity contribution in [2.75, 3.05) is 25.4 Å². The first-order chi connectivity index (χ1) is 9.53. The summed E-state index contributed by atoms with van der Waals surface area (Å²) in [6.45, 7) is 6.77. The normalized spacial score (nSPS) is 18.6. The van der Waals surface area contributed by atoms with E-state index in [9.17, 15) is 4.79 Å². The summed E-state index contributed by atoms with van der Waals surface area (Å²) in [7, 11) is 0. The molecule has 2 N–H and O–H groups in total. The number of benzene rings is 1. The van der Waals surface area contributed by atoms with Crippen LogP contribution in [0.2, 0.25) is 0 Å². The summed E-state index contributed by atoms with van der Waals surface area (Å²) < 4.78 is 0.270. The minimum absolute atomic E-state index is 0.160. The predicted octanol–water partition coefficient (Wildman–Crippen LogP) is 2.55. The molecule has 0 saturated carbocycles. The molecule has 20 heavy (non-hydrogen) atoms. The molecular weight excluding hydrogens is 268 g/mol. The van der Waals surface area contributed by atoms with Gasteiger partial charge in [-0.1, -0.05) is 32.0 Å². The molecule has 4 heteroatoms. The average molecular weight is 292 g/mol. The van der Waals surface area contributed by atoms with Gasteiger partial charge >= 0.3 is 0 Å². The lowest BCUT2D eigenvalue weighted by Crippen LogP contribution is -2.34. The Morgan fingerprint density at radius 2 is 2.10 bits per heavy atom. The van der Waals surface area contributed by atoms with Gasteiger partial charge in [-0.25, -0.2) is 0 Å². The van der Waals surface area contributed by atoms with Crippen molar-refractivity contribution in [2.24, 2.45) is 5.73 Å². The van der Waals surface area contributed by atoms with Crippen molar-refractivity contribution in [1.29, 1.82) is 0 Å². The zero-order chi connectivity index (χ0) is 14.6. The molecule has 0 atom stereocenters. The fraction of sp³-hybridized carbons (Fsp3) is 0.562. The lowest BCUT2D eigenvalue weighted by Gasteiger charge is -2.23. The zero-order valence-electron chi connectivity index (χ0n) is 12.4. The number of thioether (sulfide) groups is 1. The Balaban J connectivity index is 2.15. The second kappa shape index (κ2) is 6.64. The number of rotatable bonds is 3. The van der Waals surface area contributed by atoms with Crippen LogP contribution in [-0.4, -0.2) is 40.9 Å². The van der Waals surface area contributed by atoms with Crippen LogP contribution in [0.15, 0.2) is 24.3 Å². The van der Waals surface area contributed by atoms with Gasteiger partial charge in [-0.3, -0.25) is 4.79 Å². The van der Waals surface area contributed by atoms with Crippen molar-refractivity contribution >= 4 is 17.7 Å². The molecular formula is C16H24N2OS. The van der Waals surface area contributed by atoms with E-state index in [1.54, 1.807) is 0 Å². The quantitative estimate of drug-likeness (QED) is 0.931. The minimum atomic E-state index is 0.160. The predicted molar refractivity (Wildman–Crippen MR) is 86.3 cm³/mol. The topological polar surface area (TPSA) is 46.3 Å². The summed E-state index contributed by atoms with van der Waals surface area (Å²) in [5.74, 6) is 1.17. The number of hydrogen-bond donors (Lipinski definition) is 1. The molecule has 1 heterocycles. The van der Waals surface area contributed by atoms with E-state index >= 15 is 0 Å². The number of nitrogens with zero attached hydrogens (tertiary/aromatic N) is 1. The van der Waals surface area contributed by atoms with Crippen molar-refractivity contribution in [3.8, 4) is 0 Å². The summed E-state index contributed by atoms with van der Waals surface area (Å²) in [5.41, 5.74) is 7.53. The lowest BCUT2D eigenvalue weighted by atomic mass is 10.0. The molecule has 1 aliphatic rings. The van der Waals surface area contributed by atoms with Crippen molar-refractivity contribution < 1.29 is 4.79 Å². The van der Waals surface area contributed by atoms with E-state index in [-0.39, 0.29) is 10.7 Å². The van der Waals surface area contributed by atoms with Crippen molar-refractivity contribution in [3.63, 3.8) is 0 Å². The fourth-order valence-corrected chi connectivity index (χ4v) is 3.60. The van der Waals surface area contributed by atoms with Gasteiger partial charge in [0.1, 0.15) is 0 Å². The molecule has 1 amide bonds. The molecule has 0 bridgehead atoms. The number of hydrogen-bond acceptors (Lipinski definition) is 3. The molecule has 2 rings (SSSR count). The standard InChI is InChI=1S/C16H24N2OS/c1-16(2)8-10-18(11-12-20-16)15(19)14-6-4-3-5-13(14)7-9-17/h3-6H,7-12,17H2,1-2H3. The molecule has 110 valence electrons. The van der Waals surface area contributed by atoms with Gasteiger partial charge in [-0.15, -0.1) is 0 Å². The van der Waals surface area contributed by atoms with Crippen LogP contribution in [0.4, 0.5) is 0 Å². The van der Waals surface area contributed by atoms with Crippen molar-refractivity contribution in [3.05, 3.63) is 35.4 Å². The monoisotopic (exact) mass is 292 g/mol. The van der Waals surface area contributed by atoms with Gasteiger partial charge in [-0.2, -0.15) is 11.8 Å². The van der Waals surface area contributed by atoms with E-state index in [0.29, 0.717) is 6.54 Å². The first kappa shape index (κ1) is 15.4. The van der Waals surface area contributed by atoms with Gasteiger partial charge in [0.25, 0.3) is 5.91 Å². The SMILES string of the molecule is CC1(C)CCN(C(=O)c2ccccc2CCN)CCS1. The minimum Gasteiger partial charge on any atom is -0.338 e. The van der Waals surface area contributed by atoms with Gasteiger partial charge in [0.15, 0.2) is 0 Å². The number of nitrogens with two attached hydrogens (primary N) is 1. The maximum atomic E-state index is 12.7. The lowest BCUT2D eigenvalue weighted by molar-refractivity contribution is 0.0763. The third-order valence-electron chi connectivity index (χ3n) is 3.79. The van der Waals surface area contributed by atoms with Gasteiger partial charge < -0.3 is 10.6 Å². The Kier molecular flexibility index (Phi) is 5.11. The summed E-state index contributed by atoms with van der Waals surface area (Å²) in [6, 6.07) is 7.85. The third kappa shape index (κ3) is 3.76. The highest BCUT2D eigenvalue weighted by molar-refractivity contribution is 8.00. The van der Waals surface area contributed by atoms with Crippen LogP contribution in [-0.2, 0) is 6.42 Å². The largest absolute Gasteiger partial charge is 0.338 e. The highest BCUT2D eigenvalue weighted by Crippen LogP contribution is 2.31. The molecule has 1 fully saturated rings. The summed E-state index contributed by atoms with van der Waals surface area (Å²) >= 11 is 1.96. The second-order valence-electron chi connectivity index (χ2n) is 5.85. The van der Waals surface area contributed by atoms with Crippen molar-refractivity contribution in [2.45, 2.75) is 31.4 Å². The van der Waals surface area contributed by atoms with Gasteiger partial charge in [0, 0.05) is 29.2 Å². The van der Waals surface area contributed by atoms with Crippen LogP contribution in [0, 0.1) is 0 Å². The van der Waals surface area contributed by atoms with Crippen LogP contribution in [0.25, 0.3) is 0 Å². The number of carbonyl (C=O) groups excluding carboxylic acids is 1. The van der Waals surface area contributed by atoms with Crippen molar-refractivity contribution in [1.82, 2.24) is 4.90 Å². The third-order valence-corrected chi connectivity index (χ3v) is 5.16. The van der Waals surface area contributed by atoms with Crippen LogP contribution in [0.3, 0.4) is 0 Å². The Hall–Kier alpha value is -1.00. The van der Waals surface area contributed by atoms with E-state index in [4.69, 9.17) is 5.73 Å². The van der Waals surface area contributed by atoms with E-state index in [1.807, 2.05) is 40.9 Å². The molecule has 3 nitrogen and oxygen atoms in total. The average Bonchev–Trinajstić information content (AvgIpc) is 2.60. The van der Waals surface area contributed by atoms with Gasteiger partial charge in [-0.05, 0) is 31.0 Å². The Morgan fingerprint density at radius 1 is 1.35 bits per heavy atom. The number of amides is 1. The van der Waals surface area contributed by atoms with Gasteiger partial charge in [0.2, 0.25) is 0 Å². The highest BCUT2D eigenvalue weighted by Gasteiger charge is 2.27. The molecule has 0 aromatic heterocycles. The highest BCUT2D eigenvalue weighted by atomic mass is 32.2. The summed E-state index contributed by atoms with van der Waals surface area (Å²) in [4.78, 5) is 14.7. The van der Waals surface area contributed by atoms with Gasteiger partial charge in [0.05, 0.1) is 0 Å². The first-order valence-corrected chi connectivity index (χ1v) is 8.23. The van der Waals surface area contributed by atoms with E-state index in [0.717, 1.165) is 42.8 Å². The molecule has 1 aromatic rings. The van der Waals surface area contributed by atoms with E-state index < -0.39 is 0 Å². The Labute approximate surface area is 125 Å². The fourth-order valence-electron chi connectivity index (χ4n) is 2.50. The smallest absolute Gasteiger partial charge is 0.254 e. The van der Waals surface area contributed by atoms with E-state index in [1.165, 1.54) is 0 Å². The molecule has 0 radical (unpaired) electrons. The Bertz CT molecular complexity index is 473. The maximum Gasteiger partial charge on any atom is 0.254 e. The molecule has 0 unspecified atom stereocenters. The van der Waals surface area contributed by atoms with E-state index in [2.05, 4.69) is 13.8 Å². The van der Waals surface area contributed by atoms with Crippen LogP contribution >= 0.6 is 11.8 Å². The second-order valence-corrected chi connectivity index (χ2v) is 7.65. The first-order valence-electron chi connectivity index (χ1n) is 7.25. The number of carbonyl (C=O) groups is 1. The molecule has 0 aliphatic carbocycles. The Morgan fingerprint density at radius 3 is 2.85 bits per heavy atom. The zero-order valence-corrected chi connectivity index (χ0v) is 13.2. The molecule has 1 aliphatic heterocycles.